The minimum absolute atomic E-state index is 0.525. The van der Waals surface area contributed by atoms with Crippen LogP contribution in [-0.4, -0.2) is 23.4 Å². The normalized spacial score (nSPS) is 14.3. The molecule has 1 aliphatic rings. The number of nitrogen functional groups attached to an aromatic ring is 1. The van der Waals surface area contributed by atoms with Gasteiger partial charge in [-0.15, -0.1) is 0 Å². The zero-order valence-corrected chi connectivity index (χ0v) is 10.2. The summed E-state index contributed by atoms with van der Waals surface area (Å²) in [6.45, 7) is 3.32. The summed E-state index contributed by atoms with van der Waals surface area (Å²) in [5.41, 5.74) is 8.61. The van der Waals surface area contributed by atoms with E-state index in [1.165, 1.54) is 0 Å². The van der Waals surface area contributed by atoms with Crippen molar-refractivity contribution < 1.29 is 9.47 Å². The molecule has 0 radical (unpaired) electrons. The zero-order chi connectivity index (χ0) is 12.5. The maximum atomic E-state index is 5.74. The van der Waals surface area contributed by atoms with Crippen LogP contribution in [0.25, 0.3) is 11.3 Å². The van der Waals surface area contributed by atoms with Gasteiger partial charge in [0.05, 0.1) is 18.9 Å². The van der Waals surface area contributed by atoms with Gasteiger partial charge >= 0.3 is 0 Å². The predicted octanol–water partition coefficient (Wildman–Crippen LogP) is 2.13. The fourth-order valence-electron chi connectivity index (χ4n) is 2.01. The molecule has 2 aromatic rings. The second-order valence-electron chi connectivity index (χ2n) is 4.32. The Kier molecular flexibility index (Phi) is 2.59. The second kappa shape index (κ2) is 4.25. The molecule has 1 aliphatic heterocycles. The third-order valence-corrected chi connectivity index (χ3v) is 3.08. The third kappa shape index (κ3) is 1.77. The lowest BCUT2D eigenvalue weighted by atomic mass is 10.1. The second-order valence-corrected chi connectivity index (χ2v) is 4.32. The molecule has 0 bridgehead atoms. The molecule has 5 nitrogen and oxygen atoms in total. The molecule has 0 atom stereocenters. The minimum Gasteiger partial charge on any atom is -0.490 e. The standard InChI is InChI=1S/C13H15N3O2/c1-8-12(15-16-13(8)14)9-3-4-10-11(7-9)18-6-2-5-17-10/h3-4,7H,2,5-6H2,1H3,(H3,14,15,16). The molecule has 0 saturated carbocycles. The van der Waals surface area contributed by atoms with Crippen molar-refractivity contribution in [3.05, 3.63) is 23.8 Å². The van der Waals surface area contributed by atoms with Crippen molar-refractivity contribution in [2.75, 3.05) is 18.9 Å². The van der Waals surface area contributed by atoms with E-state index in [9.17, 15) is 0 Å². The number of ether oxygens (including phenoxy) is 2. The number of anilines is 1. The largest absolute Gasteiger partial charge is 0.490 e. The fourth-order valence-corrected chi connectivity index (χ4v) is 2.01. The van der Waals surface area contributed by atoms with Crippen LogP contribution in [0.1, 0.15) is 12.0 Å². The molecule has 3 N–H and O–H groups in total. The maximum absolute atomic E-state index is 5.74. The van der Waals surface area contributed by atoms with Gasteiger partial charge in [-0.1, -0.05) is 0 Å². The molecule has 0 amide bonds. The van der Waals surface area contributed by atoms with Crippen molar-refractivity contribution in [1.82, 2.24) is 10.2 Å². The number of fused-ring (bicyclic) bond motifs is 1. The van der Waals surface area contributed by atoms with Crippen LogP contribution in [0.4, 0.5) is 5.82 Å². The molecule has 2 heterocycles. The van der Waals surface area contributed by atoms with Gasteiger partial charge in [0.2, 0.25) is 0 Å². The molecule has 0 fully saturated rings. The van der Waals surface area contributed by atoms with Gasteiger partial charge in [-0.3, -0.25) is 5.10 Å². The Morgan fingerprint density at radius 2 is 2.00 bits per heavy atom. The average molecular weight is 245 g/mol. The number of aromatic nitrogens is 2. The Labute approximate surface area is 105 Å². The number of benzene rings is 1. The quantitative estimate of drug-likeness (QED) is 0.807. The predicted molar refractivity (Wildman–Crippen MR) is 68.8 cm³/mol. The van der Waals surface area contributed by atoms with E-state index in [1.54, 1.807) is 0 Å². The van der Waals surface area contributed by atoms with Gasteiger partial charge < -0.3 is 15.2 Å². The third-order valence-electron chi connectivity index (χ3n) is 3.08. The summed E-state index contributed by atoms with van der Waals surface area (Å²) in [7, 11) is 0. The molecule has 1 aromatic heterocycles. The van der Waals surface area contributed by atoms with E-state index in [2.05, 4.69) is 10.2 Å². The first-order chi connectivity index (χ1) is 8.75. The van der Waals surface area contributed by atoms with Crippen LogP contribution < -0.4 is 15.2 Å². The maximum Gasteiger partial charge on any atom is 0.161 e. The zero-order valence-electron chi connectivity index (χ0n) is 10.2. The fraction of sp³-hybridized carbons (Fsp3) is 0.308. The number of hydrogen-bond acceptors (Lipinski definition) is 4. The molecular formula is C13H15N3O2. The van der Waals surface area contributed by atoms with Crippen molar-refractivity contribution in [3.63, 3.8) is 0 Å². The molecule has 3 rings (SSSR count). The van der Waals surface area contributed by atoms with Crippen LogP contribution in [0.15, 0.2) is 18.2 Å². The molecule has 1 aromatic carbocycles. The smallest absolute Gasteiger partial charge is 0.161 e. The summed E-state index contributed by atoms with van der Waals surface area (Å²) in [5.74, 6) is 2.09. The SMILES string of the molecule is Cc1c(N)n[nH]c1-c1ccc2c(c1)OCCCO2. The van der Waals surface area contributed by atoms with Crippen LogP contribution in [0, 0.1) is 6.92 Å². The van der Waals surface area contributed by atoms with Gasteiger partial charge in [-0.25, -0.2) is 0 Å². The summed E-state index contributed by atoms with van der Waals surface area (Å²) >= 11 is 0. The topological polar surface area (TPSA) is 73.2 Å². The number of nitrogens with two attached hydrogens (primary N) is 1. The van der Waals surface area contributed by atoms with Crippen LogP contribution in [-0.2, 0) is 0 Å². The molecule has 5 heteroatoms. The monoisotopic (exact) mass is 245 g/mol. The lowest BCUT2D eigenvalue weighted by Crippen LogP contribution is -1.97. The molecule has 0 unspecified atom stereocenters. The van der Waals surface area contributed by atoms with Crippen LogP contribution >= 0.6 is 0 Å². The summed E-state index contributed by atoms with van der Waals surface area (Å²) < 4.78 is 11.3. The summed E-state index contributed by atoms with van der Waals surface area (Å²) in [5, 5.41) is 6.94. The summed E-state index contributed by atoms with van der Waals surface area (Å²) in [6, 6.07) is 5.86. The van der Waals surface area contributed by atoms with E-state index in [4.69, 9.17) is 15.2 Å². The van der Waals surface area contributed by atoms with Gasteiger partial charge in [-0.05, 0) is 25.1 Å². The Balaban J connectivity index is 2.04. The minimum atomic E-state index is 0.525. The highest BCUT2D eigenvalue weighted by Crippen LogP contribution is 2.35. The van der Waals surface area contributed by atoms with E-state index in [1.807, 2.05) is 25.1 Å². The number of aromatic amines is 1. The van der Waals surface area contributed by atoms with E-state index in [0.717, 1.165) is 34.7 Å². The Hall–Kier alpha value is -2.17. The Morgan fingerprint density at radius 1 is 1.22 bits per heavy atom. The lowest BCUT2D eigenvalue weighted by Gasteiger charge is -2.08. The first-order valence-corrected chi connectivity index (χ1v) is 5.96. The highest BCUT2D eigenvalue weighted by atomic mass is 16.5. The van der Waals surface area contributed by atoms with Crippen molar-refractivity contribution in [2.45, 2.75) is 13.3 Å². The van der Waals surface area contributed by atoms with E-state index in [-0.39, 0.29) is 0 Å². The molecule has 94 valence electrons. The van der Waals surface area contributed by atoms with Crippen LogP contribution in [0.3, 0.4) is 0 Å². The lowest BCUT2D eigenvalue weighted by molar-refractivity contribution is 0.297. The van der Waals surface area contributed by atoms with Gasteiger partial charge in [0, 0.05) is 17.5 Å². The van der Waals surface area contributed by atoms with E-state index in [0.29, 0.717) is 19.0 Å². The first kappa shape index (κ1) is 11.0. The van der Waals surface area contributed by atoms with E-state index >= 15 is 0 Å². The van der Waals surface area contributed by atoms with Gasteiger partial charge in [0.15, 0.2) is 11.5 Å². The highest BCUT2D eigenvalue weighted by Gasteiger charge is 2.14. The van der Waals surface area contributed by atoms with E-state index < -0.39 is 0 Å². The number of rotatable bonds is 1. The molecule has 0 spiro atoms. The van der Waals surface area contributed by atoms with Gasteiger partial charge in [0.1, 0.15) is 5.82 Å². The molecule has 18 heavy (non-hydrogen) atoms. The van der Waals surface area contributed by atoms with Gasteiger partial charge in [-0.2, -0.15) is 5.10 Å². The van der Waals surface area contributed by atoms with Crippen molar-refractivity contribution in [2.24, 2.45) is 0 Å². The number of hydrogen-bond donors (Lipinski definition) is 2. The first-order valence-electron chi connectivity index (χ1n) is 5.96. The summed E-state index contributed by atoms with van der Waals surface area (Å²) in [4.78, 5) is 0. The van der Waals surface area contributed by atoms with Crippen LogP contribution in [0.5, 0.6) is 11.5 Å². The summed E-state index contributed by atoms with van der Waals surface area (Å²) in [6.07, 6.45) is 0.903. The molecule has 0 aliphatic carbocycles. The number of nitrogens with one attached hydrogen (secondary N) is 1. The Morgan fingerprint density at radius 3 is 2.72 bits per heavy atom. The highest BCUT2D eigenvalue weighted by molar-refractivity contribution is 5.70. The molecular weight excluding hydrogens is 230 g/mol. The number of H-pyrrole nitrogens is 1. The average Bonchev–Trinajstić information content (AvgIpc) is 2.61. The molecule has 0 saturated heterocycles. The van der Waals surface area contributed by atoms with Crippen molar-refractivity contribution in [3.8, 4) is 22.8 Å². The van der Waals surface area contributed by atoms with Crippen molar-refractivity contribution in [1.29, 1.82) is 0 Å². The Bertz CT molecular complexity index is 578. The van der Waals surface area contributed by atoms with Crippen molar-refractivity contribution >= 4 is 5.82 Å². The van der Waals surface area contributed by atoms with Gasteiger partial charge in [0.25, 0.3) is 0 Å². The number of nitrogens with zero attached hydrogens (tertiary/aromatic N) is 1. The van der Waals surface area contributed by atoms with Crippen LogP contribution in [0.2, 0.25) is 0 Å².